The van der Waals surface area contributed by atoms with E-state index in [0.717, 1.165) is 25.2 Å². The van der Waals surface area contributed by atoms with Crippen molar-refractivity contribution in [2.24, 2.45) is 11.8 Å². The van der Waals surface area contributed by atoms with Gasteiger partial charge in [-0.3, -0.25) is 9.59 Å². The van der Waals surface area contributed by atoms with Crippen LogP contribution >= 0.6 is 0 Å². The highest BCUT2D eigenvalue weighted by Gasteiger charge is 2.28. The molecule has 108 valence electrons. The monoisotopic (exact) mass is 266 g/mol. The van der Waals surface area contributed by atoms with E-state index in [1.807, 2.05) is 0 Å². The molecule has 2 saturated carbocycles. The zero-order valence-electron chi connectivity index (χ0n) is 11.7. The van der Waals surface area contributed by atoms with Crippen molar-refractivity contribution in [3.63, 3.8) is 0 Å². The second-order valence-electron chi connectivity index (χ2n) is 5.96. The molecule has 0 unspecified atom stereocenters. The smallest absolute Gasteiger partial charge is 0.223 e. The first-order chi connectivity index (χ1) is 9.25. The minimum atomic E-state index is 0.131. The van der Waals surface area contributed by atoms with E-state index in [9.17, 15) is 9.59 Å². The second-order valence-corrected chi connectivity index (χ2v) is 5.96. The molecule has 0 heterocycles. The van der Waals surface area contributed by atoms with E-state index in [-0.39, 0.29) is 17.7 Å². The summed E-state index contributed by atoms with van der Waals surface area (Å²) >= 11 is 0. The van der Waals surface area contributed by atoms with Crippen LogP contribution in [0.3, 0.4) is 0 Å². The Morgan fingerprint density at radius 1 is 0.895 bits per heavy atom. The predicted octanol–water partition coefficient (Wildman–Crippen LogP) is 1.99. The van der Waals surface area contributed by atoms with Gasteiger partial charge >= 0.3 is 0 Å². The minimum absolute atomic E-state index is 0.131. The van der Waals surface area contributed by atoms with Crippen LogP contribution < -0.4 is 10.6 Å². The summed E-state index contributed by atoms with van der Waals surface area (Å²) in [7, 11) is 0. The third-order valence-corrected chi connectivity index (χ3v) is 4.20. The lowest BCUT2D eigenvalue weighted by Gasteiger charge is -2.20. The maximum atomic E-state index is 11.7. The Bertz CT molecular complexity index is 307. The van der Waals surface area contributed by atoms with Gasteiger partial charge in [0.25, 0.3) is 0 Å². The lowest BCUT2D eigenvalue weighted by molar-refractivity contribution is -0.123. The zero-order chi connectivity index (χ0) is 13.5. The van der Waals surface area contributed by atoms with Gasteiger partial charge in [0.1, 0.15) is 0 Å². The van der Waals surface area contributed by atoms with Crippen molar-refractivity contribution < 1.29 is 9.59 Å². The van der Waals surface area contributed by atoms with Crippen LogP contribution in [0.4, 0.5) is 0 Å². The van der Waals surface area contributed by atoms with Crippen molar-refractivity contribution >= 4 is 11.8 Å². The van der Waals surface area contributed by atoms with Crippen molar-refractivity contribution in [1.82, 2.24) is 10.6 Å². The van der Waals surface area contributed by atoms with Crippen molar-refractivity contribution in [1.29, 1.82) is 0 Å². The topological polar surface area (TPSA) is 58.2 Å². The molecule has 2 fully saturated rings. The van der Waals surface area contributed by atoms with Crippen LogP contribution in [0.5, 0.6) is 0 Å². The van der Waals surface area contributed by atoms with Gasteiger partial charge in [-0.05, 0) is 25.2 Å². The Morgan fingerprint density at radius 2 is 1.58 bits per heavy atom. The van der Waals surface area contributed by atoms with E-state index >= 15 is 0 Å². The molecule has 0 atom stereocenters. The summed E-state index contributed by atoms with van der Waals surface area (Å²) in [5.41, 5.74) is 0. The van der Waals surface area contributed by atoms with Crippen LogP contribution in [0.1, 0.15) is 57.8 Å². The van der Waals surface area contributed by atoms with Gasteiger partial charge in [0.05, 0.1) is 0 Å². The largest absolute Gasteiger partial charge is 0.354 e. The quantitative estimate of drug-likeness (QED) is 0.692. The van der Waals surface area contributed by atoms with Gasteiger partial charge in [0.2, 0.25) is 11.8 Å². The lowest BCUT2D eigenvalue weighted by Crippen LogP contribution is -2.35. The minimum Gasteiger partial charge on any atom is -0.354 e. The molecule has 0 aliphatic heterocycles. The fourth-order valence-electron chi connectivity index (χ4n) is 2.78. The Hall–Kier alpha value is -1.06. The van der Waals surface area contributed by atoms with Crippen LogP contribution in [0, 0.1) is 11.8 Å². The Labute approximate surface area is 115 Å². The van der Waals surface area contributed by atoms with E-state index in [1.54, 1.807) is 0 Å². The van der Waals surface area contributed by atoms with Crippen LogP contribution in [-0.2, 0) is 9.59 Å². The van der Waals surface area contributed by atoms with E-state index in [4.69, 9.17) is 0 Å². The van der Waals surface area contributed by atoms with E-state index in [2.05, 4.69) is 10.6 Å². The van der Waals surface area contributed by atoms with Crippen LogP contribution in [0.25, 0.3) is 0 Å². The van der Waals surface area contributed by atoms with E-state index in [0.29, 0.717) is 19.5 Å². The van der Waals surface area contributed by atoms with Gasteiger partial charge < -0.3 is 10.6 Å². The highest BCUT2D eigenvalue weighted by atomic mass is 16.2. The van der Waals surface area contributed by atoms with Crippen molar-refractivity contribution in [3.05, 3.63) is 0 Å². The molecule has 4 nitrogen and oxygen atoms in total. The molecule has 0 bridgehead atoms. The van der Waals surface area contributed by atoms with Crippen LogP contribution in [0.2, 0.25) is 0 Å². The highest BCUT2D eigenvalue weighted by molar-refractivity contribution is 5.81. The molecule has 0 radical (unpaired) electrons. The summed E-state index contributed by atoms with van der Waals surface area (Å²) in [5.74, 6) is 1.29. The molecule has 4 heteroatoms. The van der Waals surface area contributed by atoms with E-state index in [1.165, 1.54) is 32.1 Å². The molecule has 0 aromatic rings. The van der Waals surface area contributed by atoms with Gasteiger partial charge in [-0.1, -0.05) is 32.1 Å². The molecule has 2 aliphatic carbocycles. The number of hydrogen-bond donors (Lipinski definition) is 2. The normalized spacial score (nSPS) is 20.0. The molecular formula is C15H26N2O2. The summed E-state index contributed by atoms with van der Waals surface area (Å²) < 4.78 is 0. The fraction of sp³-hybridized carbons (Fsp3) is 0.867. The zero-order valence-corrected chi connectivity index (χ0v) is 11.7. The number of carbonyl (C=O) groups is 2. The van der Waals surface area contributed by atoms with Crippen LogP contribution in [-0.4, -0.2) is 24.9 Å². The molecule has 0 spiro atoms. The SMILES string of the molecule is O=C(CCC1CCCCC1)NCCNC(=O)C1CC1. The molecule has 0 saturated heterocycles. The van der Waals surface area contributed by atoms with E-state index < -0.39 is 0 Å². The summed E-state index contributed by atoms with van der Waals surface area (Å²) in [4.78, 5) is 23.0. The predicted molar refractivity (Wildman–Crippen MR) is 74.6 cm³/mol. The van der Waals surface area contributed by atoms with Gasteiger partial charge in [-0.2, -0.15) is 0 Å². The number of nitrogens with one attached hydrogen (secondary N) is 2. The highest BCUT2D eigenvalue weighted by Crippen LogP contribution is 2.28. The van der Waals surface area contributed by atoms with Crippen molar-refractivity contribution in [3.8, 4) is 0 Å². The number of carbonyl (C=O) groups excluding carboxylic acids is 2. The first kappa shape index (κ1) is 14.4. The van der Waals surface area contributed by atoms with Gasteiger partial charge in [-0.15, -0.1) is 0 Å². The lowest BCUT2D eigenvalue weighted by atomic mass is 9.86. The Kier molecular flexibility index (Phi) is 5.67. The third-order valence-electron chi connectivity index (χ3n) is 4.20. The van der Waals surface area contributed by atoms with Gasteiger partial charge in [-0.25, -0.2) is 0 Å². The van der Waals surface area contributed by atoms with Crippen LogP contribution in [0.15, 0.2) is 0 Å². The second kappa shape index (κ2) is 7.51. The third kappa shape index (κ3) is 5.62. The first-order valence-corrected chi connectivity index (χ1v) is 7.80. The first-order valence-electron chi connectivity index (χ1n) is 7.80. The standard InChI is InChI=1S/C15H26N2O2/c18-14(9-6-12-4-2-1-3-5-12)16-10-11-17-15(19)13-7-8-13/h12-13H,1-11H2,(H,16,18)(H,17,19). The maximum Gasteiger partial charge on any atom is 0.223 e. The summed E-state index contributed by atoms with van der Waals surface area (Å²) in [6.45, 7) is 1.12. The Balaban J connectivity index is 1.45. The fourth-order valence-corrected chi connectivity index (χ4v) is 2.78. The average Bonchev–Trinajstić information content (AvgIpc) is 3.27. The molecular weight excluding hydrogens is 240 g/mol. The Morgan fingerprint density at radius 3 is 2.26 bits per heavy atom. The molecule has 19 heavy (non-hydrogen) atoms. The van der Waals surface area contributed by atoms with Gasteiger partial charge in [0.15, 0.2) is 0 Å². The summed E-state index contributed by atoms with van der Waals surface area (Å²) in [5, 5.41) is 5.74. The van der Waals surface area contributed by atoms with Crippen molar-refractivity contribution in [2.45, 2.75) is 57.8 Å². The number of rotatable bonds is 7. The molecule has 2 aliphatic rings. The molecule has 2 amide bonds. The summed E-state index contributed by atoms with van der Waals surface area (Å²) in [6.07, 6.45) is 10.3. The molecule has 2 rings (SSSR count). The van der Waals surface area contributed by atoms with Gasteiger partial charge in [0, 0.05) is 25.4 Å². The molecule has 0 aromatic heterocycles. The average molecular weight is 266 g/mol. The maximum absolute atomic E-state index is 11.7. The number of hydrogen-bond acceptors (Lipinski definition) is 2. The van der Waals surface area contributed by atoms with Crippen molar-refractivity contribution in [2.75, 3.05) is 13.1 Å². The molecule has 2 N–H and O–H groups in total. The summed E-state index contributed by atoms with van der Waals surface area (Å²) in [6, 6.07) is 0. The molecule has 0 aromatic carbocycles. The number of amides is 2.